The van der Waals surface area contributed by atoms with Gasteiger partial charge in [-0.2, -0.15) is 5.10 Å². The largest absolute Gasteiger partial charge is 0.493 e. The Hall–Kier alpha value is -3.67. The van der Waals surface area contributed by atoms with E-state index in [1.807, 2.05) is 32.0 Å². The normalized spacial score (nSPS) is 10.8. The average molecular weight is 420 g/mol. The number of halogens is 1. The highest BCUT2D eigenvalue weighted by Gasteiger charge is 2.07. The number of aryl methyl sites for hydroxylation is 2. The van der Waals surface area contributed by atoms with Crippen LogP contribution in [0.25, 0.3) is 0 Å². The molecule has 0 spiro atoms. The molecular formula is C25H25FN2O3. The van der Waals surface area contributed by atoms with E-state index in [1.54, 1.807) is 37.6 Å². The van der Waals surface area contributed by atoms with Gasteiger partial charge in [0.05, 0.1) is 19.7 Å². The zero-order chi connectivity index (χ0) is 22.2. The van der Waals surface area contributed by atoms with Gasteiger partial charge in [0.25, 0.3) is 0 Å². The smallest absolute Gasteiger partial charge is 0.244 e. The summed E-state index contributed by atoms with van der Waals surface area (Å²) in [6.45, 7) is 4.30. The molecule has 0 heterocycles. The molecular weight excluding hydrogens is 395 g/mol. The van der Waals surface area contributed by atoms with Gasteiger partial charge in [0, 0.05) is 0 Å². The van der Waals surface area contributed by atoms with Crippen molar-refractivity contribution >= 4 is 12.1 Å². The molecule has 3 aromatic rings. The molecule has 5 nitrogen and oxygen atoms in total. The molecule has 0 saturated carbocycles. The fourth-order valence-electron chi connectivity index (χ4n) is 3.06. The molecule has 0 unspecified atom stereocenters. The van der Waals surface area contributed by atoms with Crippen molar-refractivity contribution in [2.75, 3.05) is 7.11 Å². The van der Waals surface area contributed by atoms with Gasteiger partial charge in [0.2, 0.25) is 5.91 Å². The number of nitrogens with one attached hydrogen (secondary N) is 1. The fourth-order valence-corrected chi connectivity index (χ4v) is 3.06. The van der Waals surface area contributed by atoms with E-state index in [9.17, 15) is 9.18 Å². The molecule has 0 aromatic heterocycles. The van der Waals surface area contributed by atoms with Crippen LogP contribution in [0.4, 0.5) is 4.39 Å². The molecule has 1 N–H and O–H groups in total. The monoisotopic (exact) mass is 420 g/mol. The summed E-state index contributed by atoms with van der Waals surface area (Å²) in [4.78, 5) is 12.2. The molecule has 0 fully saturated rings. The minimum Gasteiger partial charge on any atom is -0.493 e. The van der Waals surface area contributed by atoms with Gasteiger partial charge in [-0.15, -0.1) is 0 Å². The summed E-state index contributed by atoms with van der Waals surface area (Å²) in [5.74, 6) is 0.621. The van der Waals surface area contributed by atoms with Crippen molar-refractivity contribution in [3.63, 3.8) is 0 Å². The van der Waals surface area contributed by atoms with Gasteiger partial charge in [-0.25, -0.2) is 9.82 Å². The van der Waals surface area contributed by atoms with Crippen LogP contribution in [0.15, 0.2) is 65.8 Å². The summed E-state index contributed by atoms with van der Waals surface area (Å²) >= 11 is 0. The van der Waals surface area contributed by atoms with E-state index in [4.69, 9.17) is 9.47 Å². The van der Waals surface area contributed by atoms with Crippen LogP contribution in [-0.4, -0.2) is 19.2 Å². The molecule has 6 heteroatoms. The lowest BCUT2D eigenvalue weighted by Gasteiger charge is -2.11. The minimum absolute atomic E-state index is 0.186. The number of nitrogens with zero attached hydrogens (tertiary/aromatic N) is 1. The number of ether oxygens (including phenoxy) is 2. The van der Waals surface area contributed by atoms with Crippen molar-refractivity contribution < 1.29 is 18.7 Å². The van der Waals surface area contributed by atoms with Crippen LogP contribution in [0.3, 0.4) is 0 Å². The number of carbonyl (C=O) groups excluding carboxylic acids is 1. The van der Waals surface area contributed by atoms with Gasteiger partial charge in [-0.3, -0.25) is 4.79 Å². The van der Waals surface area contributed by atoms with Crippen molar-refractivity contribution in [2.24, 2.45) is 5.10 Å². The average Bonchev–Trinajstić information content (AvgIpc) is 2.75. The minimum atomic E-state index is -0.286. The van der Waals surface area contributed by atoms with E-state index in [-0.39, 0.29) is 18.1 Å². The first-order chi connectivity index (χ1) is 14.9. The number of methoxy groups -OCH3 is 1. The van der Waals surface area contributed by atoms with Gasteiger partial charge < -0.3 is 9.47 Å². The first kappa shape index (κ1) is 22.0. The molecule has 3 aromatic carbocycles. The fraction of sp³-hybridized carbons (Fsp3) is 0.200. The topological polar surface area (TPSA) is 59.9 Å². The summed E-state index contributed by atoms with van der Waals surface area (Å²) in [6.07, 6.45) is 1.81. The summed E-state index contributed by atoms with van der Waals surface area (Å²) in [5, 5.41) is 4.04. The van der Waals surface area contributed by atoms with E-state index in [2.05, 4.69) is 16.6 Å². The number of hydrogen-bond acceptors (Lipinski definition) is 4. The molecule has 0 saturated heterocycles. The van der Waals surface area contributed by atoms with Gasteiger partial charge in [-0.05, 0) is 66.4 Å². The molecule has 0 bridgehead atoms. The number of carbonyl (C=O) groups is 1. The molecule has 0 aliphatic heterocycles. The van der Waals surface area contributed by atoms with Crippen molar-refractivity contribution in [3.8, 4) is 11.5 Å². The standard InChI is InChI=1S/C25H25FN2O3/c1-17-4-8-21(18(2)12-17)14-25(29)28-27-15-20-7-11-23(24(13-20)30-3)31-16-19-5-9-22(26)10-6-19/h4-13,15H,14,16H2,1-3H3,(H,28,29)/b27-15+. The second-order valence-electron chi connectivity index (χ2n) is 7.23. The Morgan fingerprint density at radius 3 is 2.52 bits per heavy atom. The maximum absolute atomic E-state index is 13.0. The quantitative estimate of drug-likeness (QED) is 0.424. The van der Waals surface area contributed by atoms with Gasteiger partial charge in [-0.1, -0.05) is 35.9 Å². The van der Waals surface area contributed by atoms with E-state index < -0.39 is 0 Å². The van der Waals surface area contributed by atoms with Crippen LogP contribution >= 0.6 is 0 Å². The SMILES string of the molecule is COc1cc(/C=N/NC(=O)Cc2ccc(C)cc2C)ccc1OCc1ccc(F)cc1. The molecule has 160 valence electrons. The number of amides is 1. The highest BCUT2D eigenvalue weighted by molar-refractivity contribution is 5.84. The highest BCUT2D eigenvalue weighted by Crippen LogP contribution is 2.28. The third kappa shape index (κ3) is 6.40. The zero-order valence-corrected chi connectivity index (χ0v) is 17.8. The summed E-state index contributed by atoms with van der Waals surface area (Å²) < 4.78 is 24.2. The molecule has 3 rings (SSSR count). The predicted molar refractivity (Wildman–Crippen MR) is 119 cm³/mol. The Labute approximate surface area is 181 Å². The number of benzene rings is 3. The first-order valence-corrected chi connectivity index (χ1v) is 9.88. The zero-order valence-electron chi connectivity index (χ0n) is 17.8. The van der Waals surface area contributed by atoms with Crippen molar-refractivity contribution in [1.29, 1.82) is 0 Å². The third-order valence-corrected chi connectivity index (χ3v) is 4.75. The van der Waals surface area contributed by atoms with E-state index in [0.717, 1.165) is 22.3 Å². The van der Waals surface area contributed by atoms with Crippen LogP contribution in [0.1, 0.15) is 27.8 Å². The first-order valence-electron chi connectivity index (χ1n) is 9.88. The number of hydrazone groups is 1. The second-order valence-corrected chi connectivity index (χ2v) is 7.23. The summed E-state index contributed by atoms with van der Waals surface area (Å²) in [5.41, 5.74) is 7.37. The van der Waals surface area contributed by atoms with Crippen LogP contribution in [0.5, 0.6) is 11.5 Å². The van der Waals surface area contributed by atoms with Crippen LogP contribution < -0.4 is 14.9 Å². The number of rotatable bonds is 8. The maximum atomic E-state index is 13.0. The Bertz CT molecular complexity index is 1080. The Balaban J connectivity index is 1.57. The third-order valence-electron chi connectivity index (χ3n) is 4.75. The number of hydrogen-bond donors (Lipinski definition) is 1. The van der Waals surface area contributed by atoms with Crippen LogP contribution in [-0.2, 0) is 17.8 Å². The van der Waals surface area contributed by atoms with E-state index in [1.165, 1.54) is 17.7 Å². The van der Waals surface area contributed by atoms with Crippen molar-refractivity contribution in [3.05, 3.63) is 94.3 Å². The summed E-state index contributed by atoms with van der Waals surface area (Å²) in [7, 11) is 1.55. The van der Waals surface area contributed by atoms with E-state index in [0.29, 0.717) is 18.1 Å². The lowest BCUT2D eigenvalue weighted by Crippen LogP contribution is -2.20. The van der Waals surface area contributed by atoms with Crippen LogP contribution in [0, 0.1) is 19.7 Å². The highest BCUT2D eigenvalue weighted by atomic mass is 19.1. The molecule has 31 heavy (non-hydrogen) atoms. The molecule has 0 atom stereocenters. The maximum Gasteiger partial charge on any atom is 0.244 e. The summed E-state index contributed by atoms with van der Waals surface area (Å²) in [6, 6.07) is 17.5. The Morgan fingerprint density at radius 2 is 1.81 bits per heavy atom. The van der Waals surface area contributed by atoms with Gasteiger partial charge in [0.1, 0.15) is 12.4 Å². The van der Waals surface area contributed by atoms with Gasteiger partial charge in [0.15, 0.2) is 11.5 Å². The molecule has 0 radical (unpaired) electrons. The second kappa shape index (κ2) is 10.4. The molecule has 0 aliphatic rings. The van der Waals surface area contributed by atoms with Crippen LogP contribution in [0.2, 0.25) is 0 Å². The molecule has 1 amide bonds. The Kier molecular flexibility index (Phi) is 7.38. The lowest BCUT2D eigenvalue weighted by molar-refractivity contribution is -0.120. The van der Waals surface area contributed by atoms with E-state index >= 15 is 0 Å². The van der Waals surface area contributed by atoms with Gasteiger partial charge >= 0.3 is 0 Å². The van der Waals surface area contributed by atoms with Crippen molar-refractivity contribution in [1.82, 2.24) is 5.43 Å². The predicted octanol–water partition coefficient (Wildman–Crippen LogP) is 4.72. The lowest BCUT2D eigenvalue weighted by atomic mass is 10.0. The van der Waals surface area contributed by atoms with Crippen molar-refractivity contribution in [2.45, 2.75) is 26.9 Å². The molecule has 0 aliphatic carbocycles. The Morgan fingerprint density at radius 1 is 1.03 bits per heavy atom.